The highest BCUT2D eigenvalue weighted by Crippen LogP contribution is 2.26. The fourth-order valence-corrected chi connectivity index (χ4v) is 1.62. The van der Waals surface area contributed by atoms with Gasteiger partial charge in [0.1, 0.15) is 5.69 Å². The van der Waals surface area contributed by atoms with Crippen molar-refractivity contribution in [2.45, 2.75) is 19.1 Å². The van der Waals surface area contributed by atoms with Gasteiger partial charge in [0.05, 0.1) is 11.0 Å². The molecule has 0 aliphatic rings. The Kier molecular flexibility index (Phi) is 5.62. The summed E-state index contributed by atoms with van der Waals surface area (Å²) in [5.74, 6) is -0.315. The average molecular weight is 296 g/mol. The highest BCUT2D eigenvalue weighted by molar-refractivity contribution is 5.95. The minimum absolute atomic E-state index is 0.180. The Morgan fingerprint density at radius 1 is 1.52 bits per heavy atom. The van der Waals surface area contributed by atoms with Gasteiger partial charge in [-0.15, -0.1) is 0 Å². The molecule has 0 aliphatic carbocycles. The first kappa shape index (κ1) is 16.9. The molecule has 2 atom stereocenters. The molecule has 0 spiro atoms. The number of aliphatic hydroxyl groups excluding tert-OH is 1. The average Bonchev–Trinajstić information content (AvgIpc) is 2.43. The SMILES string of the molecule is CC(O)C(N)CNc1ccc(C(=O)N(C)C)cc1[N+](=O)[O-]. The van der Waals surface area contributed by atoms with E-state index < -0.39 is 17.1 Å². The summed E-state index contributed by atoms with van der Waals surface area (Å²) in [6.45, 7) is 1.72. The van der Waals surface area contributed by atoms with E-state index in [1.807, 2.05) is 0 Å². The molecule has 1 aromatic rings. The van der Waals surface area contributed by atoms with Crippen LogP contribution in [0.4, 0.5) is 11.4 Å². The zero-order chi connectivity index (χ0) is 16.2. The predicted octanol–water partition coefficient (Wildman–Crippen LogP) is 0.417. The Bertz CT molecular complexity index is 531. The summed E-state index contributed by atoms with van der Waals surface area (Å²) in [4.78, 5) is 23.7. The lowest BCUT2D eigenvalue weighted by atomic mass is 10.1. The van der Waals surface area contributed by atoms with Gasteiger partial charge in [-0.3, -0.25) is 14.9 Å². The van der Waals surface area contributed by atoms with Crippen molar-refractivity contribution in [3.63, 3.8) is 0 Å². The van der Waals surface area contributed by atoms with Crippen LogP contribution in [0.1, 0.15) is 17.3 Å². The monoisotopic (exact) mass is 296 g/mol. The molecule has 0 aliphatic heterocycles. The molecule has 0 aromatic heterocycles. The Labute approximate surface area is 122 Å². The fourth-order valence-electron chi connectivity index (χ4n) is 1.62. The minimum atomic E-state index is -0.730. The smallest absolute Gasteiger partial charge is 0.293 e. The van der Waals surface area contributed by atoms with E-state index in [9.17, 15) is 20.0 Å². The van der Waals surface area contributed by atoms with Crippen LogP contribution in [0.5, 0.6) is 0 Å². The molecular weight excluding hydrogens is 276 g/mol. The Balaban J connectivity index is 3.00. The van der Waals surface area contributed by atoms with E-state index in [1.165, 1.54) is 23.1 Å². The molecule has 0 bridgehead atoms. The number of nitro groups is 1. The number of carbonyl (C=O) groups is 1. The molecule has 8 nitrogen and oxygen atoms in total. The molecule has 0 saturated carbocycles. The van der Waals surface area contributed by atoms with Crippen LogP contribution in [0.3, 0.4) is 0 Å². The second-order valence-electron chi connectivity index (χ2n) is 4.97. The van der Waals surface area contributed by atoms with E-state index in [-0.39, 0.29) is 29.4 Å². The van der Waals surface area contributed by atoms with E-state index >= 15 is 0 Å². The summed E-state index contributed by atoms with van der Waals surface area (Å²) in [5, 5.41) is 23.2. The molecule has 21 heavy (non-hydrogen) atoms. The van der Waals surface area contributed by atoms with Gasteiger partial charge in [0.25, 0.3) is 11.6 Å². The van der Waals surface area contributed by atoms with E-state index in [1.54, 1.807) is 21.0 Å². The number of rotatable bonds is 6. The molecule has 1 rings (SSSR count). The van der Waals surface area contributed by atoms with Gasteiger partial charge in [-0.1, -0.05) is 0 Å². The van der Waals surface area contributed by atoms with Crippen LogP contribution in [0, 0.1) is 10.1 Å². The van der Waals surface area contributed by atoms with Gasteiger partial charge in [-0.05, 0) is 19.1 Å². The number of aliphatic hydroxyl groups is 1. The number of hydrogen-bond donors (Lipinski definition) is 3. The third kappa shape index (κ3) is 4.40. The molecule has 0 saturated heterocycles. The van der Waals surface area contributed by atoms with E-state index in [2.05, 4.69) is 5.32 Å². The first-order valence-electron chi connectivity index (χ1n) is 6.41. The number of amides is 1. The lowest BCUT2D eigenvalue weighted by molar-refractivity contribution is -0.384. The van der Waals surface area contributed by atoms with E-state index in [0.717, 1.165) is 0 Å². The number of nitrogens with one attached hydrogen (secondary N) is 1. The zero-order valence-electron chi connectivity index (χ0n) is 12.2. The highest BCUT2D eigenvalue weighted by atomic mass is 16.6. The Morgan fingerprint density at radius 3 is 2.62 bits per heavy atom. The molecule has 4 N–H and O–H groups in total. The second kappa shape index (κ2) is 7.00. The number of anilines is 1. The molecule has 2 unspecified atom stereocenters. The van der Waals surface area contributed by atoms with Crippen LogP contribution >= 0.6 is 0 Å². The summed E-state index contributed by atoms with van der Waals surface area (Å²) >= 11 is 0. The zero-order valence-corrected chi connectivity index (χ0v) is 12.2. The normalized spacial score (nSPS) is 13.4. The minimum Gasteiger partial charge on any atom is -0.392 e. The van der Waals surface area contributed by atoms with Gasteiger partial charge < -0.3 is 21.1 Å². The Morgan fingerprint density at radius 2 is 2.14 bits per heavy atom. The quantitative estimate of drug-likeness (QED) is 0.516. The van der Waals surface area contributed by atoms with Crippen molar-refractivity contribution in [2.75, 3.05) is 26.0 Å². The number of benzene rings is 1. The molecule has 0 heterocycles. The second-order valence-corrected chi connectivity index (χ2v) is 4.97. The van der Waals surface area contributed by atoms with Gasteiger partial charge >= 0.3 is 0 Å². The van der Waals surface area contributed by atoms with Crippen molar-refractivity contribution in [3.8, 4) is 0 Å². The van der Waals surface area contributed by atoms with Crippen LogP contribution in [0.2, 0.25) is 0 Å². The highest BCUT2D eigenvalue weighted by Gasteiger charge is 2.19. The summed E-state index contributed by atoms with van der Waals surface area (Å²) in [5.41, 5.74) is 5.95. The van der Waals surface area contributed by atoms with Gasteiger partial charge in [0.15, 0.2) is 0 Å². The third-order valence-electron chi connectivity index (χ3n) is 3.00. The third-order valence-corrected chi connectivity index (χ3v) is 3.00. The number of hydrogen-bond acceptors (Lipinski definition) is 6. The van der Waals surface area contributed by atoms with Crippen LogP contribution in [-0.4, -0.2) is 53.6 Å². The number of nitrogens with zero attached hydrogens (tertiary/aromatic N) is 2. The number of carbonyl (C=O) groups excluding carboxylic acids is 1. The van der Waals surface area contributed by atoms with Gasteiger partial charge in [0.2, 0.25) is 0 Å². The van der Waals surface area contributed by atoms with Crippen molar-refractivity contribution in [3.05, 3.63) is 33.9 Å². The van der Waals surface area contributed by atoms with Crippen LogP contribution < -0.4 is 11.1 Å². The standard InChI is InChI=1S/C13H20N4O4/c1-8(18)10(14)7-15-11-5-4-9(13(19)16(2)3)6-12(11)17(20)21/h4-6,8,10,15,18H,7,14H2,1-3H3. The predicted molar refractivity (Wildman–Crippen MR) is 79.3 cm³/mol. The van der Waals surface area contributed by atoms with Crippen molar-refractivity contribution in [1.29, 1.82) is 0 Å². The molecule has 0 radical (unpaired) electrons. The number of nitro benzene ring substituents is 1. The van der Waals surface area contributed by atoms with Gasteiger partial charge in [0, 0.05) is 38.3 Å². The lowest BCUT2D eigenvalue weighted by Crippen LogP contribution is -2.38. The maximum atomic E-state index is 11.8. The van der Waals surface area contributed by atoms with Crippen LogP contribution in [-0.2, 0) is 0 Å². The molecule has 8 heteroatoms. The van der Waals surface area contributed by atoms with Gasteiger partial charge in [-0.25, -0.2) is 0 Å². The van der Waals surface area contributed by atoms with E-state index in [0.29, 0.717) is 0 Å². The lowest BCUT2D eigenvalue weighted by Gasteiger charge is -2.16. The molecular formula is C13H20N4O4. The van der Waals surface area contributed by atoms with E-state index in [4.69, 9.17) is 5.73 Å². The topological polar surface area (TPSA) is 122 Å². The first-order chi connectivity index (χ1) is 9.73. The summed E-state index contributed by atoms with van der Waals surface area (Å²) in [6, 6.07) is 3.64. The summed E-state index contributed by atoms with van der Waals surface area (Å²) in [7, 11) is 3.14. The molecule has 116 valence electrons. The van der Waals surface area contributed by atoms with Crippen LogP contribution in [0.15, 0.2) is 18.2 Å². The number of nitrogens with two attached hydrogens (primary N) is 1. The molecule has 0 fully saturated rings. The van der Waals surface area contributed by atoms with Crippen molar-refractivity contribution in [2.24, 2.45) is 5.73 Å². The molecule has 1 amide bonds. The van der Waals surface area contributed by atoms with Crippen LogP contribution in [0.25, 0.3) is 0 Å². The fraction of sp³-hybridized carbons (Fsp3) is 0.462. The largest absolute Gasteiger partial charge is 0.392 e. The van der Waals surface area contributed by atoms with Crippen molar-refractivity contribution in [1.82, 2.24) is 4.90 Å². The molecule has 1 aromatic carbocycles. The van der Waals surface area contributed by atoms with Crippen molar-refractivity contribution < 1.29 is 14.8 Å². The Hall–Kier alpha value is -2.19. The summed E-state index contributed by atoms with van der Waals surface area (Å²) < 4.78 is 0. The first-order valence-corrected chi connectivity index (χ1v) is 6.41. The summed E-state index contributed by atoms with van der Waals surface area (Å²) in [6.07, 6.45) is -0.730. The maximum Gasteiger partial charge on any atom is 0.293 e. The van der Waals surface area contributed by atoms with Gasteiger partial charge in [-0.2, -0.15) is 0 Å². The maximum absolute atomic E-state index is 11.8. The van der Waals surface area contributed by atoms with Crippen molar-refractivity contribution >= 4 is 17.3 Å².